The maximum Gasteiger partial charge on any atom is 0.416 e. The van der Waals surface area contributed by atoms with Crippen LogP contribution in [-0.4, -0.2) is 16.3 Å². The van der Waals surface area contributed by atoms with Crippen LogP contribution in [0.1, 0.15) is 11.1 Å². The molecule has 0 aliphatic rings. The second kappa shape index (κ2) is 6.87. The molecule has 10 heteroatoms. The van der Waals surface area contributed by atoms with E-state index in [1.165, 1.54) is 18.2 Å². The minimum atomic E-state index is -4.70. The third-order valence-corrected chi connectivity index (χ3v) is 3.49. The Morgan fingerprint density at radius 1 is 1.21 bits per heavy atom. The third-order valence-electron chi connectivity index (χ3n) is 2.87. The first-order valence-corrected chi connectivity index (χ1v) is 7.02. The van der Waals surface area contributed by atoms with Gasteiger partial charge < -0.3 is 9.94 Å². The molecule has 0 amide bonds. The van der Waals surface area contributed by atoms with E-state index in [2.05, 4.69) is 21.1 Å². The van der Waals surface area contributed by atoms with Gasteiger partial charge in [0, 0.05) is 6.07 Å². The molecule has 0 unspecified atom stereocenters. The molecule has 126 valence electrons. The van der Waals surface area contributed by atoms with Crippen molar-refractivity contribution < 1.29 is 28.0 Å². The van der Waals surface area contributed by atoms with Gasteiger partial charge in [-0.05, 0) is 51.8 Å². The molecular formula is C14H8BrF3N2O4. The van der Waals surface area contributed by atoms with Crippen LogP contribution in [0.2, 0.25) is 0 Å². The SMILES string of the molecule is O=[N+]([O-])c1cc(C(F)(F)F)ccc1Oc1ccc(/C=N\O)cc1Br. The van der Waals surface area contributed by atoms with Crippen LogP contribution in [0.4, 0.5) is 18.9 Å². The van der Waals surface area contributed by atoms with Crippen LogP contribution in [0.15, 0.2) is 46.0 Å². The number of hydrogen-bond donors (Lipinski definition) is 1. The molecule has 0 aliphatic heterocycles. The van der Waals surface area contributed by atoms with E-state index < -0.39 is 22.4 Å². The van der Waals surface area contributed by atoms with Gasteiger partial charge in [0.05, 0.1) is 21.2 Å². The number of nitro groups is 1. The summed E-state index contributed by atoms with van der Waals surface area (Å²) in [6, 6.07) is 6.42. The number of nitro benzene ring substituents is 1. The monoisotopic (exact) mass is 404 g/mol. The third kappa shape index (κ3) is 4.02. The summed E-state index contributed by atoms with van der Waals surface area (Å²) in [6.07, 6.45) is -3.55. The fourth-order valence-corrected chi connectivity index (χ4v) is 2.27. The predicted molar refractivity (Wildman–Crippen MR) is 81.7 cm³/mol. The first kappa shape index (κ1) is 17.7. The number of oxime groups is 1. The molecule has 0 aliphatic carbocycles. The lowest BCUT2D eigenvalue weighted by atomic mass is 10.2. The molecule has 24 heavy (non-hydrogen) atoms. The van der Waals surface area contributed by atoms with Crippen molar-refractivity contribution in [3.63, 3.8) is 0 Å². The molecular weight excluding hydrogens is 397 g/mol. The molecule has 0 saturated carbocycles. The average molecular weight is 405 g/mol. The van der Waals surface area contributed by atoms with Crippen LogP contribution >= 0.6 is 15.9 Å². The van der Waals surface area contributed by atoms with E-state index in [-0.39, 0.29) is 11.5 Å². The summed E-state index contributed by atoms with van der Waals surface area (Å²) in [5, 5.41) is 22.3. The number of alkyl halides is 3. The molecule has 0 saturated heterocycles. The van der Waals surface area contributed by atoms with Crippen LogP contribution in [0.3, 0.4) is 0 Å². The Morgan fingerprint density at radius 2 is 1.88 bits per heavy atom. The predicted octanol–water partition coefficient (Wildman–Crippen LogP) is 4.98. The number of hydrogen-bond acceptors (Lipinski definition) is 5. The Kier molecular flexibility index (Phi) is 5.07. The highest BCUT2D eigenvalue weighted by Gasteiger charge is 2.33. The second-order valence-corrected chi connectivity index (χ2v) is 5.33. The highest BCUT2D eigenvalue weighted by atomic mass is 79.9. The van der Waals surface area contributed by atoms with Gasteiger partial charge in [-0.3, -0.25) is 10.1 Å². The first-order valence-electron chi connectivity index (χ1n) is 6.23. The maximum absolute atomic E-state index is 12.7. The standard InChI is InChI=1S/C14H8BrF3N2O4/c15-10-5-8(7-19-21)1-3-12(10)24-13-4-2-9(14(16,17)18)6-11(13)20(22)23/h1-7,21H/b19-7-. The maximum atomic E-state index is 12.7. The van der Waals surface area contributed by atoms with E-state index >= 15 is 0 Å². The van der Waals surface area contributed by atoms with Crippen LogP contribution in [0, 0.1) is 10.1 Å². The van der Waals surface area contributed by atoms with E-state index in [1.807, 2.05) is 0 Å². The van der Waals surface area contributed by atoms with E-state index in [4.69, 9.17) is 9.94 Å². The smallest absolute Gasteiger partial charge is 0.416 e. The molecule has 1 N–H and O–H groups in total. The topological polar surface area (TPSA) is 85.0 Å². The molecule has 6 nitrogen and oxygen atoms in total. The zero-order valence-electron chi connectivity index (χ0n) is 11.6. The van der Waals surface area contributed by atoms with Crippen LogP contribution in [0.25, 0.3) is 0 Å². The Bertz CT molecular complexity index is 809. The number of rotatable bonds is 4. The van der Waals surface area contributed by atoms with Crippen molar-refractivity contribution in [3.8, 4) is 11.5 Å². The number of nitrogens with zero attached hydrogens (tertiary/aromatic N) is 2. The lowest BCUT2D eigenvalue weighted by Crippen LogP contribution is -2.06. The number of benzene rings is 2. The van der Waals surface area contributed by atoms with E-state index in [9.17, 15) is 23.3 Å². The molecule has 2 aromatic carbocycles. The molecule has 0 radical (unpaired) electrons. The van der Waals surface area contributed by atoms with Crippen LogP contribution < -0.4 is 4.74 Å². The molecule has 2 rings (SSSR count). The Hall–Kier alpha value is -2.62. The molecule has 0 spiro atoms. The van der Waals surface area contributed by atoms with Crippen LogP contribution in [0.5, 0.6) is 11.5 Å². The zero-order valence-corrected chi connectivity index (χ0v) is 13.2. The van der Waals surface area contributed by atoms with Gasteiger partial charge in [0.2, 0.25) is 5.75 Å². The van der Waals surface area contributed by atoms with E-state index in [0.29, 0.717) is 22.2 Å². The van der Waals surface area contributed by atoms with Crippen molar-refractivity contribution >= 4 is 27.8 Å². The Labute approximate surface area is 141 Å². The van der Waals surface area contributed by atoms with Crippen molar-refractivity contribution in [2.24, 2.45) is 5.16 Å². The van der Waals surface area contributed by atoms with Crippen molar-refractivity contribution in [3.05, 3.63) is 62.1 Å². The first-order chi connectivity index (χ1) is 11.2. The Balaban J connectivity index is 2.41. The summed E-state index contributed by atoms with van der Waals surface area (Å²) < 4.78 is 43.7. The van der Waals surface area contributed by atoms with E-state index in [0.717, 1.165) is 12.3 Å². The molecule has 0 heterocycles. The van der Waals surface area contributed by atoms with Gasteiger partial charge in [-0.2, -0.15) is 13.2 Å². The summed E-state index contributed by atoms with van der Waals surface area (Å²) in [4.78, 5) is 10.1. The highest BCUT2D eigenvalue weighted by Crippen LogP contribution is 2.39. The quantitative estimate of drug-likeness (QED) is 0.337. The molecule has 2 aromatic rings. The average Bonchev–Trinajstić information content (AvgIpc) is 2.49. The minimum Gasteiger partial charge on any atom is -0.449 e. The van der Waals surface area contributed by atoms with Gasteiger partial charge in [0.15, 0.2) is 0 Å². The summed E-state index contributed by atoms with van der Waals surface area (Å²) in [7, 11) is 0. The van der Waals surface area contributed by atoms with E-state index in [1.54, 1.807) is 0 Å². The number of halogens is 4. The summed E-state index contributed by atoms with van der Waals surface area (Å²) in [5.74, 6) is -0.190. The van der Waals surface area contributed by atoms with Crippen molar-refractivity contribution in [1.29, 1.82) is 0 Å². The van der Waals surface area contributed by atoms with Crippen molar-refractivity contribution in [2.75, 3.05) is 0 Å². The molecule has 0 bridgehead atoms. The largest absolute Gasteiger partial charge is 0.449 e. The van der Waals surface area contributed by atoms with Gasteiger partial charge in [-0.25, -0.2) is 0 Å². The van der Waals surface area contributed by atoms with Gasteiger partial charge >= 0.3 is 11.9 Å². The van der Waals surface area contributed by atoms with Gasteiger partial charge in [0.25, 0.3) is 0 Å². The van der Waals surface area contributed by atoms with Gasteiger partial charge in [-0.1, -0.05) is 5.16 Å². The summed E-state index contributed by atoms with van der Waals surface area (Å²) in [6.45, 7) is 0. The molecule has 0 atom stereocenters. The lowest BCUT2D eigenvalue weighted by Gasteiger charge is -2.11. The fraction of sp³-hybridized carbons (Fsp3) is 0.0714. The van der Waals surface area contributed by atoms with Gasteiger partial charge in [-0.15, -0.1) is 0 Å². The summed E-state index contributed by atoms with van der Waals surface area (Å²) in [5.41, 5.74) is -1.44. The fourth-order valence-electron chi connectivity index (χ4n) is 1.79. The molecule has 0 aromatic heterocycles. The Morgan fingerprint density at radius 3 is 2.42 bits per heavy atom. The minimum absolute atomic E-state index is 0.146. The van der Waals surface area contributed by atoms with Gasteiger partial charge in [0.1, 0.15) is 5.75 Å². The summed E-state index contributed by atoms with van der Waals surface area (Å²) >= 11 is 3.16. The lowest BCUT2D eigenvalue weighted by molar-refractivity contribution is -0.385. The zero-order chi connectivity index (χ0) is 17.9. The van der Waals surface area contributed by atoms with Crippen molar-refractivity contribution in [1.82, 2.24) is 0 Å². The van der Waals surface area contributed by atoms with Crippen molar-refractivity contribution in [2.45, 2.75) is 6.18 Å². The highest BCUT2D eigenvalue weighted by molar-refractivity contribution is 9.10. The second-order valence-electron chi connectivity index (χ2n) is 4.47. The normalized spacial score (nSPS) is 11.7. The molecule has 0 fully saturated rings. The number of ether oxygens (including phenoxy) is 1. The van der Waals surface area contributed by atoms with Crippen LogP contribution in [-0.2, 0) is 6.18 Å².